The van der Waals surface area contributed by atoms with Crippen molar-refractivity contribution < 1.29 is 4.79 Å². The van der Waals surface area contributed by atoms with Crippen molar-refractivity contribution in [1.29, 1.82) is 0 Å². The van der Waals surface area contributed by atoms with E-state index in [0.29, 0.717) is 5.82 Å². The van der Waals surface area contributed by atoms with Gasteiger partial charge in [0, 0.05) is 0 Å². The fourth-order valence-corrected chi connectivity index (χ4v) is 2.87. The quantitative estimate of drug-likeness (QED) is 0.661. The number of urea groups is 1. The van der Waals surface area contributed by atoms with Gasteiger partial charge in [-0.05, 0) is 31.9 Å². The summed E-state index contributed by atoms with van der Waals surface area (Å²) in [5.41, 5.74) is 4.39. The van der Waals surface area contributed by atoms with Crippen molar-refractivity contribution in [2.75, 3.05) is 0 Å². The fourth-order valence-electron chi connectivity index (χ4n) is 2.87. The highest BCUT2D eigenvalue weighted by Gasteiger charge is 2.17. The van der Waals surface area contributed by atoms with Gasteiger partial charge in [0.2, 0.25) is 0 Å². The van der Waals surface area contributed by atoms with E-state index in [1.807, 2.05) is 57.2 Å². The average Bonchev–Trinajstić information content (AvgIpc) is 3.03. The van der Waals surface area contributed by atoms with Crippen LogP contribution in [0.2, 0.25) is 0 Å². The molecular weight excluding hydrogens is 326 g/mol. The molecule has 1 aromatic heterocycles. The van der Waals surface area contributed by atoms with Gasteiger partial charge in [-0.25, -0.2) is 9.78 Å². The highest BCUT2D eigenvalue weighted by Crippen LogP contribution is 2.23. The van der Waals surface area contributed by atoms with Gasteiger partial charge in [-0.3, -0.25) is 5.10 Å². The minimum atomic E-state index is -0.263. The smallest absolute Gasteiger partial charge is 0.315 e. The lowest BCUT2D eigenvalue weighted by Gasteiger charge is -2.21. The molecule has 2 aromatic carbocycles. The molecule has 3 N–H and O–H groups in total. The molecule has 0 radical (unpaired) electrons. The number of amides is 2. The van der Waals surface area contributed by atoms with Gasteiger partial charge in [0.15, 0.2) is 5.82 Å². The molecule has 26 heavy (non-hydrogen) atoms. The molecule has 0 unspecified atom stereocenters. The van der Waals surface area contributed by atoms with Gasteiger partial charge in [-0.15, -0.1) is 0 Å². The summed E-state index contributed by atoms with van der Waals surface area (Å²) in [6.45, 7) is 6.18. The molecule has 134 valence electrons. The summed E-state index contributed by atoms with van der Waals surface area (Å²) in [5.74, 6) is 1.28. The molecule has 2 amide bonds. The Morgan fingerprint density at radius 1 is 1.04 bits per heavy atom. The Hall–Kier alpha value is -3.15. The molecule has 0 saturated carbocycles. The SMILES string of the molecule is Cc1cccc(C(NC(=O)NCc2n[nH]c(C)n2)c2cccc(C)c2)c1. The lowest BCUT2D eigenvalue weighted by molar-refractivity contribution is 0.238. The first-order chi connectivity index (χ1) is 12.5. The van der Waals surface area contributed by atoms with E-state index >= 15 is 0 Å². The number of nitrogens with one attached hydrogen (secondary N) is 3. The third kappa shape index (κ3) is 4.47. The average molecular weight is 349 g/mol. The largest absolute Gasteiger partial charge is 0.331 e. The van der Waals surface area contributed by atoms with Crippen molar-refractivity contribution in [3.8, 4) is 0 Å². The third-order valence-electron chi connectivity index (χ3n) is 4.08. The van der Waals surface area contributed by atoms with Crippen LogP contribution in [-0.4, -0.2) is 21.2 Å². The summed E-state index contributed by atoms with van der Waals surface area (Å²) in [6.07, 6.45) is 0. The Bertz CT molecular complexity index is 857. The van der Waals surface area contributed by atoms with E-state index in [1.165, 1.54) is 0 Å². The topological polar surface area (TPSA) is 82.7 Å². The number of aromatic amines is 1. The monoisotopic (exact) mass is 349 g/mol. The van der Waals surface area contributed by atoms with E-state index in [-0.39, 0.29) is 18.6 Å². The number of benzene rings is 2. The number of aromatic nitrogens is 3. The summed E-state index contributed by atoms with van der Waals surface area (Å²) >= 11 is 0. The van der Waals surface area contributed by atoms with Crippen LogP contribution in [0.4, 0.5) is 4.79 Å². The van der Waals surface area contributed by atoms with Crippen LogP contribution in [0.15, 0.2) is 48.5 Å². The van der Waals surface area contributed by atoms with Crippen LogP contribution in [0.25, 0.3) is 0 Å². The van der Waals surface area contributed by atoms with Gasteiger partial charge in [0.05, 0.1) is 12.6 Å². The first kappa shape index (κ1) is 17.7. The summed E-state index contributed by atoms with van der Waals surface area (Å²) in [5, 5.41) is 12.7. The number of carbonyl (C=O) groups excluding carboxylic acids is 1. The number of aryl methyl sites for hydroxylation is 3. The van der Waals surface area contributed by atoms with Crippen molar-refractivity contribution >= 4 is 6.03 Å². The highest BCUT2D eigenvalue weighted by molar-refractivity contribution is 5.75. The second kappa shape index (κ2) is 7.82. The number of hydrogen-bond acceptors (Lipinski definition) is 3. The Morgan fingerprint density at radius 3 is 2.15 bits per heavy atom. The van der Waals surface area contributed by atoms with Crippen LogP contribution in [0, 0.1) is 20.8 Å². The predicted octanol–water partition coefficient (Wildman–Crippen LogP) is 3.32. The Balaban J connectivity index is 1.78. The van der Waals surface area contributed by atoms with Crippen LogP contribution in [0.1, 0.15) is 39.9 Å². The molecule has 3 rings (SSSR count). The Morgan fingerprint density at radius 2 is 1.65 bits per heavy atom. The zero-order valence-corrected chi connectivity index (χ0v) is 15.2. The van der Waals surface area contributed by atoms with E-state index in [4.69, 9.17) is 0 Å². The number of nitrogens with zero attached hydrogens (tertiary/aromatic N) is 2. The molecule has 1 heterocycles. The molecule has 0 bridgehead atoms. The molecule has 3 aromatic rings. The molecule has 6 nitrogen and oxygen atoms in total. The third-order valence-corrected chi connectivity index (χ3v) is 4.08. The normalized spacial score (nSPS) is 10.8. The molecule has 0 aliphatic rings. The summed E-state index contributed by atoms with van der Waals surface area (Å²) in [6, 6.07) is 15.8. The van der Waals surface area contributed by atoms with Gasteiger partial charge in [-0.1, -0.05) is 59.7 Å². The van der Waals surface area contributed by atoms with Crippen molar-refractivity contribution in [2.45, 2.75) is 33.4 Å². The van der Waals surface area contributed by atoms with Gasteiger partial charge in [-0.2, -0.15) is 5.10 Å². The van der Waals surface area contributed by atoms with E-state index < -0.39 is 0 Å². The summed E-state index contributed by atoms with van der Waals surface area (Å²) in [4.78, 5) is 16.7. The highest BCUT2D eigenvalue weighted by atomic mass is 16.2. The van der Waals surface area contributed by atoms with Crippen molar-refractivity contribution in [2.24, 2.45) is 0 Å². The minimum absolute atomic E-state index is 0.233. The second-order valence-electron chi connectivity index (χ2n) is 6.43. The second-order valence-corrected chi connectivity index (χ2v) is 6.43. The van der Waals surface area contributed by atoms with Gasteiger partial charge in [0.25, 0.3) is 0 Å². The van der Waals surface area contributed by atoms with E-state index in [0.717, 1.165) is 28.1 Å². The molecule has 0 aliphatic carbocycles. The molecule has 0 atom stereocenters. The van der Waals surface area contributed by atoms with Crippen molar-refractivity contribution in [3.63, 3.8) is 0 Å². The Labute approximate surface area is 153 Å². The predicted molar refractivity (Wildman–Crippen MR) is 101 cm³/mol. The first-order valence-electron chi connectivity index (χ1n) is 8.56. The summed E-state index contributed by atoms with van der Waals surface area (Å²) in [7, 11) is 0. The zero-order chi connectivity index (χ0) is 18.5. The standard InChI is InChI=1S/C20H23N5O/c1-13-6-4-8-16(10-13)19(17-9-5-7-14(2)11-17)23-20(26)21-12-18-22-15(3)24-25-18/h4-11,19H,12H2,1-3H3,(H2,21,23,26)(H,22,24,25). The lowest BCUT2D eigenvalue weighted by Crippen LogP contribution is -2.38. The molecular formula is C20H23N5O. The first-order valence-corrected chi connectivity index (χ1v) is 8.56. The lowest BCUT2D eigenvalue weighted by atomic mass is 9.96. The number of carbonyl (C=O) groups is 1. The van der Waals surface area contributed by atoms with Crippen LogP contribution < -0.4 is 10.6 Å². The number of H-pyrrole nitrogens is 1. The maximum atomic E-state index is 12.5. The van der Waals surface area contributed by atoms with Gasteiger partial charge >= 0.3 is 6.03 Å². The van der Waals surface area contributed by atoms with Crippen LogP contribution >= 0.6 is 0 Å². The maximum absolute atomic E-state index is 12.5. The number of hydrogen-bond donors (Lipinski definition) is 3. The molecule has 0 spiro atoms. The molecule has 6 heteroatoms. The Kier molecular flexibility index (Phi) is 5.31. The molecule has 0 saturated heterocycles. The van der Waals surface area contributed by atoms with Gasteiger partial charge in [0.1, 0.15) is 5.82 Å². The maximum Gasteiger partial charge on any atom is 0.315 e. The van der Waals surface area contributed by atoms with Crippen LogP contribution in [-0.2, 0) is 6.54 Å². The number of rotatable bonds is 5. The summed E-state index contributed by atoms with van der Waals surface area (Å²) < 4.78 is 0. The zero-order valence-electron chi connectivity index (χ0n) is 15.2. The minimum Gasteiger partial charge on any atom is -0.331 e. The van der Waals surface area contributed by atoms with Crippen LogP contribution in [0.5, 0.6) is 0 Å². The van der Waals surface area contributed by atoms with E-state index in [2.05, 4.69) is 37.9 Å². The van der Waals surface area contributed by atoms with Crippen LogP contribution in [0.3, 0.4) is 0 Å². The molecule has 0 aliphatic heterocycles. The fraction of sp³-hybridized carbons (Fsp3) is 0.250. The molecule has 0 fully saturated rings. The van der Waals surface area contributed by atoms with E-state index in [9.17, 15) is 4.79 Å². The van der Waals surface area contributed by atoms with E-state index in [1.54, 1.807) is 0 Å². The van der Waals surface area contributed by atoms with Gasteiger partial charge < -0.3 is 10.6 Å². The van der Waals surface area contributed by atoms with Crippen molar-refractivity contribution in [3.05, 3.63) is 82.4 Å². The van der Waals surface area contributed by atoms with Crippen molar-refractivity contribution in [1.82, 2.24) is 25.8 Å².